The van der Waals surface area contributed by atoms with Gasteiger partial charge >= 0.3 is 0 Å². The van der Waals surface area contributed by atoms with Crippen LogP contribution in [0.1, 0.15) is 19.3 Å². The number of aliphatic hydroxyl groups excluding tert-OH is 1. The fourth-order valence-corrected chi connectivity index (χ4v) is 2.99. The van der Waals surface area contributed by atoms with Gasteiger partial charge in [0.2, 0.25) is 10.0 Å². The third kappa shape index (κ3) is 4.01. The summed E-state index contributed by atoms with van der Waals surface area (Å²) < 4.78 is 24.2. The molecule has 16 heavy (non-hydrogen) atoms. The third-order valence-corrected chi connectivity index (χ3v) is 4.49. The van der Waals surface area contributed by atoms with Gasteiger partial charge in [-0.1, -0.05) is 0 Å². The number of sulfonamides is 1. The van der Waals surface area contributed by atoms with Crippen LogP contribution in [0.25, 0.3) is 0 Å². The van der Waals surface area contributed by atoms with Gasteiger partial charge in [-0.2, -0.15) is 0 Å². The molecule has 0 unspecified atom stereocenters. The molecule has 0 saturated carbocycles. The molecule has 0 spiro atoms. The van der Waals surface area contributed by atoms with Crippen molar-refractivity contribution in [3.8, 4) is 0 Å². The SMILES string of the molecule is CN(CCCO)C1CCN(S(C)(=O)=O)CC1. The number of hydrogen-bond acceptors (Lipinski definition) is 4. The normalized spacial score (nSPS) is 20.5. The largest absolute Gasteiger partial charge is 0.396 e. The first kappa shape index (κ1) is 13.9. The van der Waals surface area contributed by atoms with E-state index in [9.17, 15) is 8.42 Å². The van der Waals surface area contributed by atoms with Crippen LogP contribution in [0.15, 0.2) is 0 Å². The maximum Gasteiger partial charge on any atom is 0.211 e. The van der Waals surface area contributed by atoms with Gasteiger partial charge in [-0.15, -0.1) is 0 Å². The summed E-state index contributed by atoms with van der Waals surface area (Å²) in [5.74, 6) is 0. The van der Waals surface area contributed by atoms with Gasteiger partial charge in [0.15, 0.2) is 0 Å². The van der Waals surface area contributed by atoms with Crippen molar-refractivity contribution in [2.75, 3.05) is 39.5 Å². The highest BCUT2D eigenvalue weighted by Crippen LogP contribution is 2.17. The molecule has 0 aromatic heterocycles. The molecule has 0 aromatic rings. The van der Waals surface area contributed by atoms with Crippen molar-refractivity contribution in [2.45, 2.75) is 25.3 Å². The Kier molecular flexibility index (Phi) is 5.17. The van der Waals surface area contributed by atoms with E-state index in [0.717, 1.165) is 25.8 Å². The Bertz CT molecular complexity index is 297. The van der Waals surface area contributed by atoms with Crippen molar-refractivity contribution >= 4 is 10.0 Å². The van der Waals surface area contributed by atoms with E-state index in [-0.39, 0.29) is 6.61 Å². The molecule has 0 atom stereocenters. The first-order chi connectivity index (χ1) is 7.45. The fourth-order valence-electron chi connectivity index (χ4n) is 2.12. The Morgan fingerprint density at radius 3 is 2.38 bits per heavy atom. The Morgan fingerprint density at radius 1 is 1.38 bits per heavy atom. The molecule has 1 aliphatic rings. The second-order valence-electron chi connectivity index (χ2n) is 4.45. The minimum absolute atomic E-state index is 0.215. The van der Waals surface area contributed by atoms with Gasteiger partial charge in [0.25, 0.3) is 0 Å². The van der Waals surface area contributed by atoms with Crippen LogP contribution in [0, 0.1) is 0 Å². The summed E-state index contributed by atoms with van der Waals surface area (Å²) in [7, 11) is -0.979. The average molecular weight is 250 g/mol. The predicted octanol–water partition coefficient (Wildman–Crippen LogP) is -0.275. The predicted molar refractivity (Wildman–Crippen MR) is 63.8 cm³/mol. The second-order valence-corrected chi connectivity index (χ2v) is 6.43. The quantitative estimate of drug-likeness (QED) is 0.729. The van der Waals surface area contributed by atoms with E-state index < -0.39 is 10.0 Å². The van der Waals surface area contributed by atoms with Crippen LogP contribution in [0.3, 0.4) is 0 Å². The lowest BCUT2D eigenvalue weighted by atomic mass is 10.1. The van der Waals surface area contributed by atoms with Crippen molar-refractivity contribution in [2.24, 2.45) is 0 Å². The first-order valence-corrected chi connectivity index (χ1v) is 7.56. The zero-order valence-electron chi connectivity index (χ0n) is 10.1. The molecule has 0 amide bonds. The van der Waals surface area contributed by atoms with E-state index in [2.05, 4.69) is 4.90 Å². The minimum Gasteiger partial charge on any atom is -0.396 e. The van der Waals surface area contributed by atoms with Gasteiger partial charge in [-0.3, -0.25) is 0 Å². The van der Waals surface area contributed by atoms with Crippen LogP contribution >= 0.6 is 0 Å². The van der Waals surface area contributed by atoms with E-state index in [1.54, 1.807) is 4.31 Å². The van der Waals surface area contributed by atoms with Crippen LogP contribution in [-0.4, -0.2) is 68.3 Å². The van der Waals surface area contributed by atoms with Gasteiger partial charge in [0, 0.05) is 32.3 Å². The number of aliphatic hydroxyl groups is 1. The van der Waals surface area contributed by atoms with Gasteiger partial charge < -0.3 is 10.0 Å². The Morgan fingerprint density at radius 2 is 1.94 bits per heavy atom. The van der Waals surface area contributed by atoms with Gasteiger partial charge in [0.05, 0.1) is 6.26 Å². The molecule has 1 saturated heterocycles. The molecule has 5 nitrogen and oxygen atoms in total. The van der Waals surface area contributed by atoms with E-state index in [4.69, 9.17) is 5.11 Å². The van der Waals surface area contributed by atoms with Crippen LogP contribution in [0.4, 0.5) is 0 Å². The summed E-state index contributed by atoms with van der Waals surface area (Å²) in [5.41, 5.74) is 0. The third-order valence-electron chi connectivity index (χ3n) is 3.18. The molecule has 0 aromatic carbocycles. The van der Waals surface area contributed by atoms with Crippen molar-refractivity contribution in [1.82, 2.24) is 9.21 Å². The maximum absolute atomic E-state index is 11.3. The number of nitrogens with zero attached hydrogens (tertiary/aromatic N) is 2. The summed E-state index contributed by atoms with van der Waals surface area (Å²) in [6, 6.07) is 0.449. The van der Waals surface area contributed by atoms with Crippen LogP contribution in [0.5, 0.6) is 0 Å². The summed E-state index contributed by atoms with van der Waals surface area (Å²) in [5, 5.41) is 8.75. The smallest absolute Gasteiger partial charge is 0.211 e. The summed E-state index contributed by atoms with van der Waals surface area (Å²) in [4.78, 5) is 2.22. The standard InChI is InChI=1S/C10H22N2O3S/c1-11(6-3-9-13)10-4-7-12(8-5-10)16(2,14)15/h10,13H,3-9H2,1-2H3. The van der Waals surface area contributed by atoms with Gasteiger partial charge in [0.1, 0.15) is 0 Å². The maximum atomic E-state index is 11.3. The first-order valence-electron chi connectivity index (χ1n) is 5.71. The van der Waals surface area contributed by atoms with E-state index in [1.807, 2.05) is 7.05 Å². The van der Waals surface area contributed by atoms with Crippen molar-refractivity contribution in [1.29, 1.82) is 0 Å². The average Bonchev–Trinajstić information content (AvgIpc) is 2.25. The van der Waals surface area contributed by atoms with E-state index >= 15 is 0 Å². The highest BCUT2D eigenvalue weighted by atomic mass is 32.2. The zero-order valence-corrected chi connectivity index (χ0v) is 10.9. The van der Waals surface area contributed by atoms with Gasteiger partial charge in [-0.25, -0.2) is 12.7 Å². The molecule has 0 radical (unpaired) electrons. The minimum atomic E-state index is -3.02. The molecule has 0 aliphatic carbocycles. The van der Waals surface area contributed by atoms with E-state index in [0.29, 0.717) is 19.1 Å². The van der Waals surface area contributed by atoms with E-state index in [1.165, 1.54) is 6.26 Å². The molecular weight excluding hydrogens is 228 g/mol. The lowest BCUT2D eigenvalue weighted by Crippen LogP contribution is -2.45. The second kappa shape index (κ2) is 5.95. The Labute approximate surface area is 98.1 Å². The molecule has 6 heteroatoms. The van der Waals surface area contributed by atoms with Crippen molar-refractivity contribution in [3.63, 3.8) is 0 Å². The molecule has 1 N–H and O–H groups in total. The summed E-state index contributed by atoms with van der Waals surface area (Å²) >= 11 is 0. The Hall–Kier alpha value is -0.170. The number of piperidine rings is 1. The van der Waals surface area contributed by atoms with Crippen LogP contribution in [-0.2, 0) is 10.0 Å². The monoisotopic (exact) mass is 250 g/mol. The van der Waals surface area contributed by atoms with Crippen molar-refractivity contribution < 1.29 is 13.5 Å². The van der Waals surface area contributed by atoms with Crippen molar-refractivity contribution in [3.05, 3.63) is 0 Å². The summed E-state index contributed by atoms with van der Waals surface area (Å²) in [6.07, 6.45) is 3.82. The number of rotatable bonds is 5. The highest BCUT2D eigenvalue weighted by molar-refractivity contribution is 7.88. The van der Waals surface area contributed by atoms with Gasteiger partial charge in [-0.05, 0) is 26.3 Å². The molecule has 1 rings (SSSR count). The molecule has 96 valence electrons. The van der Waals surface area contributed by atoms with Crippen LogP contribution < -0.4 is 0 Å². The number of hydrogen-bond donors (Lipinski definition) is 1. The topological polar surface area (TPSA) is 60.9 Å². The molecule has 0 bridgehead atoms. The van der Waals surface area contributed by atoms with Crippen LogP contribution in [0.2, 0.25) is 0 Å². The molecule has 1 aliphatic heterocycles. The lowest BCUT2D eigenvalue weighted by Gasteiger charge is -2.35. The molecular formula is C10H22N2O3S. The summed E-state index contributed by atoms with van der Waals surface area (Å²) in [6.45, 7) is 2.33. The highest BCUT2D eigenvalue weighted by Gasteiger charge is 2.26. The molecule has 1 heterocycles. The molecule has 1 fully saturated rings. The fraction of sp³-hybridized carbons (Fsp3) is 1.00. The lowest BCUT2D eigenvalue weighted by molar-refractivity contribution is 0.156. The zero-order chi connectivity index (χ0) is 12.2. The Balaban J connectivity index is 2.37.